The normalized spacial score (nSPS) is 16.4. The van der Waals surface area contributed by atoms with Gasteiger partial charge in [-0.2, -0.15) is 0 Å². The van der Waals surface area contributed by atoms with Crippen molar-refractivity contribution in [2.45, 2.75) is 37.6 Å². The average Bonchev–Trinajstić information content (AvgIpc) is 3.46. The van der Waals surface area contributed by atoms with Crippen molar-refractivity contribution in [3.63, 3.8) is 0 Å². The van der Waals surface area contributed by atoms with Crippen molar-refractivity contribution >= 4 is 5.91 Å². The fourth-order valence-corrected chi connectivity index (χ4v) is 3.15. The highest BCUT2D eigenvalue weighted by Crippen LogP contribution is 2.31. The van der Waals surface area contributed by atoms with E-state index in [0.717, 1.165) is 6.42 Å². The van der Waals surface area contributed by atoms with Gasteiger partial charge in [-0.1, -0.05) is 60.7 Å². The summed E-state index contributed by atoms with van der Waals surface area (Å²) in [6, 6.07) is 20.8. The van der Waals surface area contributed by atoms with E-state index in [2.05, 4.69) is 29.6 Å². The van der Waals surface area contributed by atoms with Crippen LogP contribution in [0, 0.1) is 5.92 Å². The minimum absolute atomic E-state index is 0.0934. The summed E-state index contributed by atoms with van der Waals surface area (Å²) < 4.78 is 0. The van der Waals surface area contributed by atoms with Crippen LogP contribution in [0.2, 0.25) is 0 Å². The van der Waals surface area contributed by atoms with Crippen LogP contribution >= 0.6 is 0 Å². The molecule has 24 heavy (non-hydrogen) atoms. The number of carbonyl (C=O) groups excluding carboxylic acids is 1. The van der Waals surface area contributed by atoms with Crippen LogP contribution in [0.3, 0.4) is 0 Å². The SMILES string of the molecule is NC(CNC(=O)CC(Cc1ccccc1)c1ccccc1)C1CC1. The summed E-state index contributed by atoms with van der Waals surface area (Å²) in [5.41, 5.74) is 8.55. The van der Waals surface area contributed by atoms with E-state index in [1.165, 1.54) is 24.0 Å². The van der Waals surface area contributed by atoms with E-state index in [-0.39, 0.29) is 17.9 Å². The van der Waals surface area contributed by atoms with E-state index in [1.54, 1.807) is 0 Å². The van der Waals surface area contributed by atoms with Gasteiger partial charge in [-0.15, -0.1) is 0 Å². The summed E-state index contributed by atoms with van der Waals surface area (Å²) in [6.45, 7) is 0.594. The molecule has 0 aromatic heterocycles. The summed E-state index contributed by atoms with van der Waals surface area (Å²) in [5.74, 6) is 0.890. The number of hydrogen-bond donors (Lipinski definition) is 2. The van der Waals surface area contributed by atoms with Crippen LogP contribution in [0.25, 0.3) is 0 Å². The van der Waals surface area contributed by atoms with Gasteiger partial charge >= 0.3 is 0 Å². The molecule has 0 saturated heterocycles. The molecule has 3 nitrogen and oxygen atoms in total. The van der Waals surface area contributed by atoms with Crippen molar-refractivity contribution in [1.82, 2.24) is 5.32 Å². The van der Waals surface area contributed by atoms with E-state index in [0.29, 0.717) is 18.9 Å². The fraction of sp³-hybridized carbons (Fsp3) is 0.381. The molecule has 1 amide bonds. The van der Waals surface area contributed by atoms with E-state index < -0.39 is 0 Å². The summed E-state index contributed by atoms with van der Waals surface area (Å²) in [4.78, 5) is 12.4. The Bertz CT molecular complexity index is 637. The Hall–Kier alpha value is -2.13. The summed E-state index contributed by atoms with van der Waals surface area (Å²) in [5, 5.41) is 3.03. The van der Waals surface area contributed by atoms with Gasteiger partial charge in [0.25, 0.3) is 0 Å². The van der Waals surface area contributed by atoms with Gasteiger partial charge in [0.05, 0.1) is 0 Å². The maximum Gasteiger partial charge on any atom is 0.220 e. The zero-order valence-corrected chi connectivity index (χ0v) is 14.0. The Morgan fingerprint density at radius 3 is 2.29 bits per heavy atom. The van der Waals surface area contributed by atoms with Gasteiger partial charge < -0.3 is 11.1 Å². The van der Waals surface area contributed by atoms with Gasteiger partial charge in [-0.25, -0.2) is 0 Å². The van der Waals surface area contributed by atoms with Crippen molar-refractivity contribution in [1.29, 1.82) is 0 Å². The molecule has 0 radical (unpaired) electrons. The molecule has 2 aromatic carbocycles. The lowest BCUT2D eigenvalue weighted by molar-refractivity contribution is -0.121. The van der Waals surface area contributed by atoms with Crippen molar-refractivity contribution in [3.8, 4) is 0 Å². The van der Waals surface area contributed by atoms with Crippen LogP contribution in [-0.2, 0) is 11.2 Å². The van der Waals surface area contributed by atoms with Crippen LogP contribution in [0.15, 0.2) is 60.7 Å². The Morgan fingerprint density at radius 2 is 1.67 bits per heavy atom. The molecular formula is C21H26N2O. The molecule has 1 saturated carbocycles. The number of hydrogen-bond acceptors (Lipinski definition) is 2. The summed E-state index contributed by atoms with van der Waals surface area (Å²) in [7, 11) is 0. The minimum Gasteiger partial charge on any atom is -0.355 e. The maximum atomic E-state index is 12.4. The molecule has 126 valence electrons. The molecule has 2 unspecified atom stereocenters. The number of rotatable bonds is 8. The molecule has 0 heterocycles. The van der Waals surface area contributed by atoms with E-state index >= 15 is 0 Å². The molecule has 1 aliphatic carbocycles. The fourth-order valence-electron chi connectivity index (χ4n) is 3.15. The standard InChI is InChI=1S/C21H26N2O/c22-20(18-11-12-18)15-23-21(24)14-19(17-9-5-2-6-10-17)13-16-7-3-1-4-8-16/h1-10,18-20H,11-15,22H2,(H,23,24). The quantitative estimate of drug-likeness (QED) is 0.784. The average molecular weight is 322 g/mol. The summed E-state index contributed by atoms with van der Waals surface area (Å²) >= 11 is 0. The largest absolute Gasteiger partial charge is 0.355 e. The van der Waals surface area contributed by atoms with Crippen LogP contribution in [-0.4, -0.2) is 18.5 Å². The van der Waals surface area contributed by atoms with E-state index in [1.807, 2.05) is 36.4 Å². The number of benzene rings is 2. The smallest absolute Gasteiger partial charge is 0.220 e. The second-order valence-corrected chi connectivity index (χ2v) is 6.81. The highest BCUT2D eigenvalue weighted by Gasteiger charge is 2.28. The lowest BCUT2D eigenvalue weighted by Gasteiger charge is -2.18. The Morgan fingerprint density at radius 1 is 1.04 bits per heavy atom. The molecule has 2 aromatic rings. The van der Waals surface area contributed by atoms with Crippen LogP contribution in [0.1, 0.15) is 36.3 Å². The van der Waals surface area contributed by atoms with Gasteiger partial charge in [0, 0.05) is 19.0 Å². The maximum absolute atomic E-state index is 12.4. The monoisotopic (exact) mass is 322 g/mol. The van der Waals surface area contributed by atoms with Crippen LogP contribution in [0.5, 0.6) is 0 Å². The second-order valence-electron chi connectivity index (χ2n) is 6.81. The third kappa shape index (κ3) is 4.93. The molecule has 0 bridgehead atoms. The van der Waals surface area contributed by atoms with Gasteiger partial charge in [0.1, 0.15) is 0 Å². The molecule has 0 aliphatic heterocycles. The van der Waals surface area contributed by atoms with Gasteiger partial charge in [-0.05, 0) is 42.2 Å². The third-order valence-corrected chi connectivity index (χ3v) is 4.79. The summed E-state index contributed by atoms with van der Waals surface area (Å²) in [6.07, 6.45) is 3.78. The lowest BCUT2D eigenvalue weighted by Crippen LogP contribution is -2.39. The van der Waals surface area contributed by atoms with Gasteiger partial charge in [0.15, 0.2) is 0 Å². The predicted octanol–water partition coefficient (Wildman–Crippen LogP) is 3.26. The molecule has 3 heteroatoms. The van der Waals surface area contributed by atoms with Crippen LogP contribution < -0.4 is 11.1 Å². The number of nitrogens with two attached hydrogens (primary N) is 1. The van der Waals surface area contributed by atoms with Crippen LogP contribution in [0.4, 0.5) is 0 Å². The molecule has 0 spiro atoms. The Kier molecular flexibility index (Phi) is 5.65. The highest BCUT2D eigenvalue weighted by molar-refractivity contribution is 5.77. The van der Waals surface area contributed by atoms with E-state index in [9.17, 15) is 4.79 Å². The molecule has 2 atom stereocenters. The first-order chi connectivity index (χ1) is 11.7. The van der Waals surface area contributed by atoms with Gasteiger partial charge in [0.2, 0.25) is 5.91 Å². The second kappa shape index (κ2) is 8.11. The Balaban J connectivity index is 1.62. The van der Waals surface area contributed by atoms with Crippen molar-refractivity contribution < 1.29 is 4.79 Å². The number of carbonyl (C=O) groups is 1. The number of nitrogens with one attached hydrogen (secondary N) is 1. The Labute approximate surface area is 144 Å². The van der Waals surface area contributed by atoms with E-state index in [4.69, 9.17) is 5.73 Å². The minimum atomic E-state index is 0.0934. The third-order valence-electron chi connectivity index (χ3n) is 4.79. The molecule has 3 N–H and O–H groups in total. The predicted molar refractivity (Wildman–Crippen MR) is 97.7 cm³/mol. The molecular weight excluding hydrogens is 296 g/mol. The molecule has 1 fully saturated rings. The zero-order chi connectivity index (χ0) is 16.8. The lowest BCUT2D eigenvalue weighted by atomic mass is 9.89. The first kappa shape index (κ1) is 16.7. The zero-order valence-electron chi connectivity index (χ0n) is 14.0. The van der Waals surface area contributed by atoms with Crippen molar-refractivity contribution in [3.05, 3.63) is 71.8 Å². The first-order valence-corrected chi connectivity index (χ1v) is 8.83. The van der Waals surface area contributed by atoms with Crippen molar-refractivity contribution in [2.75, 3.05) is 6.54 Å². The molecule has 1 aliphatic rings. The molecule has 3 rings (SSSR count). The topological polar surface area (TPSA) is 55.1 Å². The van der Waals surface area contributed by atoms with Crippen molar-refractivity contribution in [2.24, 2.45) is 11.7 Å². The van der Waals surface area contributed by atoms with Gasteiger partial charge in [-0.3, -0.25) is 4.79 Å². The number of amides is 1. The highest BCUT2D eigenvalue weighted by atomic mass is 16.1. The first-order valence-electron chi connectivity index (χ1n) is 8.83.